The lowest BCUT2D eigenvalue weighted by Gasteiger charge is -2.00. The first-order valence-corrected chi connectivity index (χ1v) is 4.07. The van der Waals surface area contributed by atoms with Crippen LogP contribution in [0.3, 0.4) is 0 Å². The van der Waals surface area contributed by atoms with Crippen molar-refractivity contribution in [2.24, 2.45) is 5.10 Å². The van der Waals surface area contributed by atoms with Crippen LogP contribution in [0.1, 0.15) is 19.4 Å². The zero-order chi connectivity index (χ0) is 8.81. The van der Waals surface area contributed by atoms with Crippen LogP contribution < -0.4 is 5.43 Å². The molecule has 0 aliphatic carbocycles. The second-order valence-electron chi connectivity index (χ2n) is 2.88. The van der Waals surface area contributed by atoms with Gasteiger partial charge in [-0.25, -0.2) is 0 Å². The van der Waals surface area contributed by atoms with E-state index in [4.69, 9.17) is 0 Å². The molecular formula is C10H14N2. The van der Waals surface area contributed by atoms with E-state index in [1.807, 2.05) is 32.0 Å². The summed E-state index contributed by atoms with van der Waals surface area (Å²) in [6.07, 6.45) is 0. The van der Waals surface area contributed by atoms with Gasteiger partial charge in [-0.15, -0.1) is 0 Å². The molecule has 0 spiro atoms. The molecule has 0 atom stereocenters. The smallest absolute Gasteiger partial charge is 0.0580 e. The van der Waals surface area contributed by atoms with Gasteiger partial charge in [-0.1, -0.05) is 30.3 Å². The highest BCUT2D eigenvalue weighted by atomic mass is 15.3. The molecular weight excluding hydrogens is 148 g/mol. The Morgan fingerprint density at radius 2 is 1.92 bits per heavy atom. The van der Waals surface area contributed by atoms with Crippen LogP contribution in [0, 0.1) is 0 Å². The molecule has 1 N–H and O–H groups in total. The van der Waals surface area contributed by atoms with Gasteiger partial charge >= 0.3 is 0 Å². The molecule has 0 bridgehead atoms. The van der Waals surface area contributed by atoms with Crippen molar-refractivity contribution in [3.63, 3.8) is 0 Å². The molecule has 2 heteroatoms. The van der Waals surface area contributed by atoms with Gasteiger partial charge in [0.2, 0.25) is 0 Å². The highest BCUT2D eigenvalue weighted by Crippen LogP contribution is 1.96. The van der Waals surface area contributed by atoms with E-state index in [9.17, 15) is 0 Å². The summed E-state index contributed by atoms with van der Waals surface area (Å²) in [7, 11) is 0. The topological polar surface area (TPSA) is 24.4 Å². The predicted octanol–water partition coefficient (Wildman–Crippen LogP) is 2.17. The van der Waals surface area contributed by atoms with Gasteiger partial charge in [0.25, 0.3) is 0 Å². The number of nitrogens with zero attached hydrogens (tertiary/aromatic N) is 1. The fourth-order valence-corrected chi connectivity index (χ4v) is 0.885. The first-order chi connectivity index (χ1) is 5.79. The second kappa shape index (κ2) is 4.54. The Balaban J connectivity index is 2.39. The summed E-state index contributed by atoms with van der Waals surface area (Å²) in [5, 5.41) is 4.09. The lowest BCUT2D eigenvalue weighted by Crippen LogP contribution is -2.06. The standard InChI is InChI=1S/C10H14N2/c1-9(2)12-11-8-10-6-4-3-5-7-10/h3-7,11H,8H2,1-2H3. The minimum absolute atomic E-state index is 0.798. The number of nitrogens with one attached hydrogen (secondary N) is 1. The largest absolute Gasteiger partial charge is 0.306 e. The highest BCUT2D eigenvalue weighted by Gasteiger charge is 1.86. The molecule has 0 aliphatic heterocycles. The van der Waals surface area contributed by atoms with Crippen LogP contribution in [0.5, 0.6) is 0 Å². The Bertz CT molecular complexity index is 248. The van der Waals surface area contributed by atoms with Crippen molar-refractivity contribution in [2.75, 3.05) is 0 Å². The number of benzene rings is 1. The van der Waals surface area contributed by atoms with Crippen LogP contribution in [-0.4, -0.2) is 5.71 Å². The van der Waals surface area contributed by atoms with E-state index in [-0.39, 0.29) is 0 Å². The Labute approximate surface area is 73.3 Å². The molecule has 1 aromatic rings. The summed E-state index contributed by atoms with van der Waals surface area (Å²) in [6, 6.07) is 10.2. The summed E-state index contributed by atoms with van der Waals surface area (Å²) in [4.78, 5) is 0. The maximum atomic E-state index is 4.09. The fraction of sp³-hybridized carbons (Fsp3) is 0.300. The second-order valence-corrected chi connectivity index (χ2v) is 2.88. The molecule has 0 heterocycles. The Morgan fingerprint density at radius 1 is 1.25 bits per heavy atom. The van der Waals surface area contributed by atoms with E-state index in [0.717, 1.165) is 12.3 Å². The Hall–Kier alpha value is -1.31. The van der Waals surface area contributed by atoms with Crippen molar-refractivity contribution >= 4 is 5.71 Å². The number of hydrogen-bond donors (Lipinski definition) is 1. The molecule has 0 saturated carbocycles. The van der Waals surface area contributed by atoms with Gasteiger partial charge in [0.05, 0.1) is 6.54 Å². The summed E-state index contributed by atoms with van der Waals surface area (Å²) >= 11 is 0. The van der Waals surface area contributed by atoms with Crippen molar-refractivity contribution < 1.29 is 0 Å². The molecule has 0 saturated heterocycles. The van der Waals surface area contributed by atoms with Gasteiger partial charge in [-0.05, 0) is 19.4 Å². The Morgan fingerprint density at radius 3 is 2.50 bits per heavy atom. The quantitative estimate of drug-likeness (QED) is 0.534. The van der Waals surface area contributed by atoms with Crippen LogP contribution in [-0.2, 0) is 6.54 Å². The summed E-state index contributed by atoms with van der Waals surface area (Å²) in [5.41, 5.74) is 5.29. The van der Waals surface area contributed by atoms with Crippen LogP contribution in [0.15, 0.2) is 35.4 Å². The normalized spacial score (nSPS) is 9.17. The minimum Gasteiger partial charge on any atom is -0.306 e. The van der Waals surface area contributed by atoms with E-state index in [1.165, 1.54) is 5.56 Å². The van der Waals surface area contributed by atoms with E-state index in [2.05, 4.69) is 22.7 Å². The average molecular weight is 162 g/mol. The molecule has 1 aromatic carbocycles. The van der Waals surface area contributed by atoms with Crippen LogP contribution >= 0.6 is 0 Å². The maximum absolute atomic E-state index is 4.09. The molecule has 0 aliphatic rings. The summed E-state index contributed by atoms with van der Waals surface area (Å²) in [6.45, 7) is 4.74. The summed E-state index contributed by atoms with van der Waals surface area (Å²) < 4.78 is 0. The zero-order valence-corrected chi connectivity index (χ0v) is 7.54. The van der Waals surface area contributed by atoms with Crippen molar-refractivity contribution in [3.05, 3.63) is 35.9 Å². The van der Waals surface area contributed by atoms with Crippen LogP contribution in [0.4, 0.5) is 0 Å². The molecule has 1 rings (SSSR count). The molecule has 0 amide bonds. The van der Waals surface area contributed by atoms with Gasteiger partial charge in [0, 0.05) is 5.71 Å². The highest BCUT2D eigenvalue weighted by molar-refractivity contribution is 5.78. The van der Waals surface area contributed by atoms with Gasteiger partial charge in [-0.3, -0.25) is 0 Å². The first-order valence-electron chi connectivity index (χ1n) is 4.07. The van der Waals surface area contributed by atoms with E-state index >= 15 is 0 Å². The van der Waals surface area contributed by atoms with Gasteiger partial charge < -0.3 is 5.43 Å². The van der Waals surface area contributed by atoms with Crippen LogP contribution in [0.25, 0.3) is 0 Å². The SMILES string of the molecule is CC(C)=NNCc1ccccc1. The van der Waals surface area contributed by atoms with Crippen molar-refractivity contribution in [1.82, 2.24) is 5.43 Å². The molecule has 0 radical (unpaired) electrons. The fourth-order valence-electron chi connectivity index (χ4n) is 0.885. The van der Waals surface area contributed by atoms with Gasteiger partial charge in [0.15, 0.2) is 0 Å². The molecule has 2 nitrogen and oxygen atoms in total. The molecule has 0 aromatic heterocycles. The van der Waals surface area contributed by atoms with Gasteiger partial charge in [0.1, 0.15) is 0 Å². The van der Waals surface area contributed by atoms with Crippen molar-refractivity contribution in [3.8, 4) is 0 Å². The zero-order valence-electron chi connectivity index (χ0n) is 7.54. The van der Waals surface area contributed by atoms with E-state index in [0.29, 0.717) is 0 Å². The third kappa shape index (κ3) is 3.19. The minimum atomic E-state index is 0.798. The predicted molar refractivity (Wildman–Crippen MR) is 52.1 cm³/mol. The number of hydrazone groups is 1. The first kappa shape index (κ1) is 8.78. The number of rotatable bonds is 3. The van der Waals surface area contributed by atoms with Gasteiger partial charge in [-0.2, -0.15) is 5.10 Å². The van der Waals surface area contributed by atoms with E-state index in [1.54, 1.807) is 0 Å². The maximum Gasteiger partial charge on any atom is 0.0580 e. The Kier molecular flexibility index (Phi) is 3.33. The van der Waals surface area contributed by atoms with Crippen LogP contribution in [0.2, 0.25) is 0 Å². The third-order valence-electron chi connectivity index (χ3n) is 1.43. The molecule has 12 heavy (non-hydrogen) atoms. The average Bonchev–Trinajstić information content (AvgIpc) is 2.05. The monoisotopic (exact) mass is 162 g/mol. The molecule has 0 fully saturated rings. The van der Waals surface area contributed by atoms with E-state index < -0.39 is 0 Å². The van der Waals surface area contributed by atoms with Crippen molar-refractivity contribution in [1.29, 1.82) is 0 Å². The molecule has 0 unspecified atom stereocenters. The summed E-state index contributed by atoms with van der Waals surface area (Å²) in [5.74, 6) is 0. The lowest BCUT2D eigenvalue weighted by atomic mass is 10.2. The third-order valence-corrected chi connectivity index (χ3v) is 1.43. The molecule has 64 valence electrons. The van der Waals surface area contributed by atoms with Crippen molar-refractivity contribution in [2.45, 2.75) is 20.4 Å². The lowest BCUT2D eigenvalue weighted by molar-refractivity contribution is 0.743. The number of hydrogen-bond acceptors (Lipinski definition) is 2.